The Morgan fingerprint density at radius 2 is 1.88 bits per heavy atom. The first-order valence-corrected chi connectivity index (χ1v) is 8.88. The number of methoxy groups -OCH3 is 2. The molecule has 134 valence electrons. The van der Waals surface area contributed by atoms with Crippen LogP contribution in [0.25, 0.3) is 0 Å². The van der Waals surface area contributed by atoms with Crippen LogP contribution in [-0.4, -0.2) is 43.5 Å². The maximum atomic E-state index is 12.2. The van der Waals surface area contributed by atoms with E-state index >= 15 is 0 Å². The van der Waals surface area contributed by atoms with E-state index in [1.54, 1.807) is 12.1 Å². The Balaban J connectivity index is 1.67. The van der Waals surface area contributed by atoms with Gasteiger partial charge in [-0.2, -0.15) is 0 Å². The fourth-order valence-electron chi connectivity index (χ4n) is 2.51. The summed E-state index contributed by atoms with van der Waals surface area (Å²) in [4.78, 5) is 14.4. The fraction of sp³-hybridized carbons (Fsp3) is 0.400. The van der Waals surface area contributed by atoms with Crippen molar-refractivity contribution in [1.29, 1.82) is 0 Å². The van der Waals surface area contributed by atoms with E-state index in [1.807, 2.05) is 0 Å². The van der Waals surface area contributed by atoms with Crippen molar-refractivity contribution in [2.45, 2.75) is 12.8 Å². The Morgan fingerprint density at radius 3 is 2.56 bits per heavy atom. The Hall–Kier alpha value is -2.26. The quantitative estimate of drug-likeness (QED) is 0.822. The number of carbonyl (C=O) groups excluding carboxylic acids is 1. The molecule has 0 atom stereocenters. The fourth-order valence-corrected chi connectivity index (χ4v) is 3.54. The van der Waals surface area contributed by atoms with E-state index in [0.29, 0.717) is 27.3 Å². The number of rotatable bonds is 5. The molecule has 0 saturated carbocycles. The van der Waals surface area contributed by atoms with Crippen molar-refractivity contribution in [1.82, 2.24) is 10.2 Å². The SMILES string of the molecule is COc1cc(OC)c(NC(=O)Nc2nnc(N3CCCC3)s2)cc1Cl. The van der Waals surface area contributed by atoms with Gasteiger partial charge in [-0.05, 0) is 18.9 Å². The molecule has 0 unspecified atom stereocenters. The molecule has 0 aliphatic carbocycles. The van der Waals surface area contributed by atoms with Gasteiger partial charge < -0.3 is 19.7 Å². The second-order valence-electron chi connectivity index (χ2n) is 5.35. The number of anilines is 3. The summed E-state index contributed by atoms with van der Waals surface area (Å²) in [5.41, 5.74) is 0.426. The number of nitrogens with zero attached hydrogens (tertiary/aromatic N) is 3. The van der Waals surface area contributed by atoms with E-state index in [0.717, 1.165) is 31.1 Å². The van der Waals surface area contributed by atoms with Crippen LogP contribution in [0.1, 0.15) is 12.8 Å². The normalized spacial score (nSPS) is 13.6. The number of benzene rings is 1. The molecule has 2 amide bonds. The number of aromatic nitrogens is 2. The number of urea groups is 1. The highest BCUT2D eigenvalue weighted by Gasteiger charge is 2.18. The molecular weight excluding hydrogens is 366 g/mol. The lowest BCUT2D eigenvalue weighted by Crippen LogP contribution is -2.19. The molecule has 0 bridgehead atoms. The first-order valence-electron chi connectivity index (χ1n) is 7.68. The third-order valence-corrected chi connectivity index (χ3v) is 4.93. The minimum atomic E-state index is -0.455. The van der Waals surface area contributed by atoms with Crippen molar-refractivity contribution < 1.29 is 14.3 Å². The van der Waals surface area contributed by atoms with Gasteiger partial charge in [0, 0.05) is 19.2 Å². The minimum Gasteiger partial charge on any atom is -0.495 e. The lowest BCUT2D eigenvalue weighted by atomic mass is 10.2. The molecule has 8 nitrogen and oxygen atoms in total. The standard InChI is InChI=1S/C15H18ClN5O3S/c1-23-11-8-12(24-2)10(7-9(11)16)17-13(22)18-14-19-20-15(25-14)21-5-3-4-6-21/h7-8H,3-6H2,1-2H3,(H2,17,18,19,22). The Morgan fingerprint density at radius 1 is 1.16 bits per heavy atom. The molecule has 1 aliphatic rings. The number of nitrogens with one attached hydrogen (secondary N) is 2. The van der Waals surface area contributed by atoms with E-state index in [2.05, 4.69) is 25.7 Å². The summed E-state index contributed by atoms with van der Waals surface area (Å²) in [6.07, 6.45) is 2.31. The van der Waals surface area contributed by atoms with Crippen molar-refractivity contribution in [3.8, 4) is 11.5 Å². The van der Waals surface area contributed by atoms with Gasteiger partial charge >= 0.3 is 6.03 Å². The van der Waals surface area contributed by atoms with Crippen LogP contribution in [-0.2, 0) is 0 Å². The Labute approximate surface area is 154 Å². The van der Waals surface area contributed by atoms with E-state index in [-0.39, 0.29) is 0 Å². The number of amides is 2. The van der Waals surface area contributed by atoms with Gasteiger partial charge in [0.1, 0.15) is 11.5 Å². The van der Waals surface area contributed by atoms with Gasteiger partial charge in [-0.25, -0.2) is 4.79 Å². The molecule has 2 N–H and O–H groups in total. The summed E-state index contributed by atoms with van der Waals surface area (Å²) in [5, 5.41) is 15.1. The second-order valence-corrected chi connectivity index (χ2v) is 6.71. The third-order valence-electron chi connectivity index (χ3n) is 3.73. The highest BCUT2D eigenvalue weighted by molar-refractivity contribution is 7.19. The first kappa shape index (κ1) is 17.6. The zero-order valence-corrected chi connectivity index (χ0v) is 15.4. The van der Waals surface area contributed by atoms with Crippen molar-refractivity contribution >= 4 is 44.9 Å². The molecule has 10 heteroatoms. The van der Waals surface area contributed by atoms with Gasteiger partial charge in [0.2, 0.25) is 10.3 Å². The number of halogens is 1. The molecule has 2 aromatic rings. The molecule has 0 radical (unpaired) electrons. The van der Waals surface area contributed by atoms with Crippen LogP contribution in [0.5, 0.6) is 11.5 Å². The number of carbonyl (C=O) groups is 1. The van der Waals surface area contributed by atoms with E-state index in [9.17, 15) is 4.79 Å². The van der Waals surface area contributed by atoms with Gasteiger partial charge in [0.15, 0.2) is 0 Å². The largest absolute Gasteiger partial charge is 0.495 e. The van der Waals surface area contributed by atoms with Crippen molar-refractivity contribution in [2.24, 2.45) is 0 Å². The molecule has 2 heterocycles. The average Bonchev–Trinajstić information content (AvgIpc) is 3.26. The molecule has 1 aromatic heterocycles. The monoisotopic (exact) mass is 383 g/mol. The lowest BCUT2D eigenvalue weighted by molar-refractivity contribution is 0.262. The predicted molar refractivity (Wildman–Crippen MR) is 98.6 cm³/mol. The van der Waals surface area contributed by atoms with Crippen molar-refractivity contribution in [2.75, 3.05) is 42.8 Å². The first-order chi connectivity index (χ1) is 12.1. The molecule has 1 fully saturated rings. The average molecular weight is 384 g/mol. The van der Waals surface area contributed by atoms with E-state index in [4.69, 9.17) is 21.1 Å². The molecule has 1 aromatic carbocycles. The summed E-state index contributed by atoms with van der Waals surface area (Å²) < 4.78 is 10.4. The Bertz CT molecular complexity index is 764. The zero-order chi connectivity index (χ0) is 17.8. The maximum Gasteiger partial charge on any atom is 0.325 e. The van der Waals surface area contributed by atoms with Gasteiger partial charge in [0.25, 0.3) is 0 Å². The number of hydrogen-bond donors (Lipinski definition) is 2. The lowest BCUT2D eigenvalue weighted by Gasteiger charge is -2.13. The molecule has 1 saturated heterocycles. The molecule has 1 aliphatic heterocycles. The molecular formula is C15H18ClN5O3S. The van der Waals surface area contributed by atoms with Gasteiger partial charge in [-0.1, -0.05) is 22.9 Å². The molecule has 25 heavy (non-hydrogen) atoms. The maximum absolute atomic E-state index is 12.2. The topological polar surface area (TPSA) is 88.6 Å². The van der Waals surface area contributed by atoms with Crippen LogP contribution in [0.2, 0.25) is 5.02 Å². The number of hydrogen-bond acceptors (Lipinski definition) is 7. The van der Waals surface area contributed by atoms with Gasteiger partial charge in [-0.15, -0.1) is 10.2 Å². The highest BCUT2D eigenvalue weighted by atomic mass is 35.5. The van der Waals surface area contributed by atoms with Crippen LogP contribution in [0.15, 0.2) is 12.1 Å². The van der Waals surface area contributed by atoms with Gasteiger partial charge in [-0.3, -0.25) is 5.32 Å². The predicted octanol–water partition coefficient (Wildman–Crippen LogP) is 3.45. The summed E-state index contributed by atoms with van der Waals surface area (Å²) in [6.45, 7) is 1.95. The Kier molecular flexibility index (Phi) is 5.44. The minimum absolute atomic E-state index is 0.367. The number of ether oxygens (including phenoxy) is 2. The van der Waals surface area contributed by atoms with E-state index in [1.165, 1.54) is 25.6 Å². The third kappa shape index (κ3) is 4.05. The second kappa shape index (κ2) is 7.75. The van der Waals surface area contributed by atoms with Crippen molar-refractivity contribution in [3.63, 3.8) is 0 Å². The smallest absolute Gasteiger partial charge is 0.325 e. The highest BCUT2D eigenvalue weighted by Crippen LogP contribution is 2.36. The zero-order valence-electron chi connectivity index (χ0n) is 13.8. The van der Waals surface area contributed by atoms with Crippen LogP contribution in [0.3, 0.4) is 0 Å². The summed E-state index contributed by atoms with van der Waals surface area (Å²) in [5.74, 6) is 0.898. The van der Waals surface area contributed by atoms with Crippen LogP contribution in [0.4, 0.5) is 20.7 Å². The summed E-state index contributed by atoms with van der Waals surface area (Å²) >= 11 is 7.44. The van der Waals surface area contributed by atoms with Crippen LogP contribution >= 0.6 is 22.9 Å². The van der Waals surface area contributed by atoms with Crippen molar-refractivity contribution in [3.05, 3.63) is 17.2 Å². The van der Waals surface area contributed by atoms with Crippen LogP contribution in [0, 0.1) is 0 Å². The van der Waals surface area contributed by atoms with Crippen LogP contribution < -0.4 is 25.0 Å². The van der Waals surface area contributed by atoms with E-state index < -0.39 is 6.03 Å². The molecule has 3 rings (SSSR count). The molecule has 0 spiro atoms. The van der Waals surface area contributed by atoms with Gasteiger partial charge in [0.05, 0.1) is 24.9 Å². The summed E-state index contributed by atoms with van der Waals surface area (Å²) in [7, 11) is 3.01. The summed E-state index contributed by atoms with van der Waals surface area (Å²) in [6, 6.07) is 2.71.